The topological polar surface area (TPSA) is 82.4 Å². The first-order valence-corrected chi connectivity index (χ1v) is 7.67. The van der Waals surface area contributed by atoms with Crippen molar-refractivity contribution in [1.29, 1.82) is 0 Å². The van der Waals surface area contributed by atoms with E-state index in [-0.39, 0.29) is 68.9 Å². The summed E-state index contributed by atoms with van der Waals surface area (Å²) in [5.41, 5.74) is 8.67. The molecular formula is C16H19CsN6O. The number of aryl methyl sites for hydroxylation is 1. The predicted molar refractivity (Wildman–Crippen MR) is 88.0 cm³/mol. The van der Waals surface area contributed by atoms with Crippen LogP contribution < -0.4 is 84.7 Å². The van der Waals surface area contributed by atoms with Gasteiger partial charge in [-0.3, -0.25) is 4.68 Å². The van der Waals surface area contributed by atoms with Gasteiger partial charge in [-0.25, -0.2) is 4.52 Å². The SMILES string of the molecule is Cn1ncc(OCC2[CH-]CCN2)c1-c1ccn2nc(N)cc2c1.[Cs+]. The van der Waals surface area contributed by atoms with E-state index in [4.69, 9.17) is 10.5 Å². The van der Waals surface area contributed by atoms with E-state index in [2.05, 4.69) is 21.9 Å². The molecule has 24 heavy (non-hydrogen) atoms. The zero-order valence-electron chi connectivity index (χ0n) is 13.9. The molecule has 0 aromatic carbocycles. The quantitative estimate of drug-likeness (QED) is 0.468. The number of ether oxygens (including phenoxy) is 1. The van der Waals surface area contributed by atoms with E-state index in [1.807, 2.05) is 36.1 Å². The number of pyridine rings is 1. The Morgan fingerprint density at radius 1 is 1.46 bits per heavy atom. The van der Waals surface area contributed by atoms with Crippen LogP contribution in [0.5, 0.6) is 5.75 Å². The molecule has 1 unspecified atom stereocenters. The third kappa shape index (κ3) is 3.69. The number of hydrogen-bond acceptors (Lipinski definition) is 5. The van der Waals surface area contributed by atoms with Crippen LogP contribution in [-0.2, 0) is 7.05 Å². The number of nitrogens with two attached hydrogens (primary N) is 1. The van der Waals surface area contributed by atoms with Gasteiger partial charge in [-0.2, -0.15) is 16.6 Å². The molecule has 3 N–H and O–H groups in total. The molecule has 120 valence electrons. The molecule has 0 bridgehead atoms. The smallest absolute Gasteiger partial charge is 0.491 e. The maximum absolute atomic E-state index is 5.99. The van der Waals surface area contributed by atoms with Crippen molar-refractivity contribution in [3.63, 3.8) is 0 Å². The van der Waals surface area contributed by atoms with E-state index in [1.54, 1.807) is 10.7 Å². The molecule has 0 amide bonds. The summed E-state index contributed by atoms with van der Waals surface area (Å²) >= 11 is 0. The minimum atomic E-state index is 0. The Balaban J connectivity index is 0.00000169. The Hall–Kier alpha value is -0.488. The fourth-order valence-corrected chi connectivity index (χ4v) is 2.96. The summed E-state index contributed by atoms with van der Waals surface area (Å²) < 4.78 is 9.57. The zero-order chi connectivity index (χ0) is 15.8. The van der Waals surface area contributed by atoms with Crippen LogP contribution in [0.2, 0.25) is 0 Å². The minimum absolute atomic E-state index is 0. The Morgan fingerprint density at radius 2 is 2.33 bits per heavy atom. The van der Waals surface area contributed by atoms with Crippen LogP contribution >= 0.6 is 0 Å². The molecule has 4 rings (SSSR count). The van der Waals surface area contributed by atoms with Crippen LogP contribution in [0.25, 0.3) is 16.8 Å². The number of fused-ring (bicyclic) bond motifs is 1. The Kier molecular flexibility index (Phi) is 5.96. The van der Waals surface area contributed by atoms with Gasteiger partial charge in [0, 0.05) is 24.9 Å². The fraction of sp³-hybridized carbons (Fsp3) is 0.312. The summed E-state index contributed by atoms with van der Waals surface area (Å²) in [4.78, 5) is 0. The standard InChI is InChI=1S/C16H19N6O.Cs/c1-21-16(11-4-6-22-13(7-11)8-15(17)20-22)14(9-19-21)23-10-12-3-2-5-18-12;/h3-4,6-9,12,18H,2,5,10H2,1H3,(H2,17,20);/q-1;+1. The first-order valence-electron chi connectivity index (χ1n) is 7.67. The molecule has 4 heterocycles. The average Bonchev–Trinajstić information content (AvgIpc) is 3.23. The van der Waals surface area contributed by atoms with Crippen molar-refractivity contribution in [3.05, 3.63) is 37.0 Å². The zero-order valence-corrected chi connectivity index (χ0v) is 20.2. The molecule has 0 saturated carbocycles. The van der Waals surface area contributed by atoms with Crippen molar-refractivity contribution in [2.24, 2.45) is 7.05 Å². The van der Waals surface area contributed by atoms with Crippen molar-refractivity contribution < 1.29 is 73.6 Å². The molecule has 3 aromatic heterocycles. The van der Waals surface area contributed by atoms with Gasteiger partial charge in [0.2, 0.25) is 0 Å². The van der Waals surface area contributed by atoms with Gasteiger partial charge >= 0.3 is 68.9 Å². The summed E-state index contributed by atoms with van der Waals surface area (Å²) in [6.07, 6.45) is 6.99. The molecule has 8 heteroatoms. The molecule has 1 saturated heterocycles. The molecule has 0 spiro atoms. The molecule has 3 aromatic rings. The van der Waals surface area contributed by atoms with E-state index in [0.717, 1.165) is 35.5 Å². The van der Waals surface area contributed by atoms with Crippen LogP contribution in [0, 0.1) is 6.42 Å². The third-order valence-corrected chi connectivity index (χ3v) is 4.08. The molecule has 1 aliphatic rings. The second-order valence-corrected chi connectivity index (χ2v) is 5.73. The van der Waals surface area contributed by atoms with Gasteiger partial charge in [0.05, 0.1) is 18.3 Å². The Labute approximate surface area is 199 Å². The predicted octanol–water partition coefficient (Wildman–Crippen LogP) is -1.73. The van der Waals surface area contributed by atoms with Crippen molar-refractivity contribution in [2.75, 3.05) is 18.9 Å². The van der Waals surface area contributed by atoms with Gasteiger partial charge in [0.1, 0.15) is 11.5 Å². The monoisotopic (exact) mass is 444 g/mol. The van der Waals surface area contributed by atoms with Crippen LogP contribution in [0.1, 0.15) is 6.42 Å². The van der Waals surface area contributed by atoms with Gasteiger partial charge in [-0.1, -0.05) is 6.04 Å². The van der Waals surface area contributed by atoms with Crippen LogP contribution in [-0.4, -0.2) is 38.6 Å². The third-order valence-electron chi connectivity index (χ3n) is 4.08. The molecule has 0 aliphatic carbocycles. The maximum atomic E-state index is 5.99. The molecule has 1 atom stereocenters. The first-order chi connectivity index (χ1) is 11.2. The summed E-state index contributed by atoms with van der Waals surface area (Å²) in [5, 5.41) is 11.9. The fourth-order valence-electron chi connectivity index (χ4n) is 2.96. The van der Waals surface area contributed by atoms with Crippen molar-refractivity contribution in [3.8, 4) is 17.0 Å². The minimum Gasteiger partial charge on any atom is -0.491 e. The largest absolute Gasteiger partial charge is 1.00 e. The second kappa shape index (κ2) is 7.81. The number of aromatic nitrogens is 4. The normalized spacial score (nSPS) is 17.1. The maximum Gasteiger partial charge on any atom is 1.00 e. The van der Waals surface area contributed by atoms with E-state index in [0.29, 0.717) is 18.5 Å². The molecular weight excluding hydrogens is 425 g/mol. The van der Waals surface area contributed by atoms with Crippen molar-refractivity contribution in [1.82, 2.24) is 24.7 Å². The first kappa shape index (κ1) is 18.3. The van der Waals surface area contributed by atoms with Crippen LogP contribution in [0.15, 0.2) is 30.6 Å². The molecule has 0 radical (unpaired) electrons. The van der Waals surface area contributed by atoms with E-state index < -0.39 is 0 Å². The van der Waals surface area contributed by atoms with E-state index in [9.17, 15) is 0 Å². The van der Waals surface area contributed by atoms with Gasteiger partial charge in [0.25, 0.3) is 0 Å². The number of rotatable bonds is 4. The van der Waals surface area contributed by atoms with E-state index in [1.165, 1.54) is 0 Å². The van der Waals surface area contributed by atoms with Crippen LogP contribution in [0.4, 0.5) is 5.82 Å². The number of nitrogen functional groups attached to an aromatic ring is 1. The van der Waals surface area contributed by atoms with Gasteiger partial charge in [0.15, 0.2) is 5.75 Å². The molecule has 1 aliphatic heterocycles. The number of nitrogens with zero attached hydrogens (tertiary/aromatic N) is 4. The summed E-state index contributed by atoms with van der Waals surface area (Å²) in [5.74, 6) is 1.29. The second-order valence-electron chi connectivity index (χ2n) is 5.73. The van der Waals surface area contributed by atoms with Gasteiger partial charge in [-0.05, 0) is 18.7 Å². The molecule has 7 nitrogen and oxygen atoms in total. The number of nitrogens with one attached hydrogen (secondary N) is 1. The van der Waals surface area contributed by atoms with Gasteiger partial charge in [-0.15, -0.1) is 0 Å². The summed E-state index contributed by atoms with van der Waals surface area (Å²) in [6.45, 7) is 1.63. The number of hydrogen-bond donors (Lipinski definition) is 2. The Morgan fingerprint density at radius 3 is 3.12 bits per heavy atom. The summed E-state index contributed by atoms with van der Waals surface area (Å²) in [7, 11) is 1.91. The van der Waals surface area contributed by atoms with Crippen molar-refractivity contribution >= 4 is 11.3 Å². The van der Waals surface area contributed by atoms with Gasteiger partial charge < -0.3 is 22.2 Å². The molecule has 1 fully saturated rings. The average molecular weight is 444 g/mol. The Bertz CT molecular complexity index is 836. The van der Waals surface area contributed by atoms with E-state index >= 15 is 0 Å². The van der Waals surface area contributed by atoms with Crippen molar-refractivity contribution in [2.45, 2.75) is 12.5 Å². The summed E-state index contributed by atoms with van der Waals surface area (Å²) in [6, 6.07) is 6.17. The number of anilines is 1. The van der Waals surface area contributed by atoms with Crippen LogP contribution in [0.3, 0.4) is 0 Å².